The van der Waals surface area contributed by atoms with Gasteiger partial charge in [-0.3, -0.25) is 4.79 Å². The molecular formula is C7H10N2O3. The third-order valence-electron chi connectivity index (χ3n) is 1.41. The summed E-state index contributed by atoms with van der Waals surface area (Å²) in [5.74, 6) is 0.148. The van der Waals surface area contributed by atoms with Crippen LogP contribution in [0.1, 0.15) is 6.92 Å². The third-order valence-corrected chi connectivity index (χ3v) is 1.41. The topological polar surface area (TPSA) is 64.4 Å². The summed E-state index contributed by atoms with van der Waals surface area (Å²) in [6, 6.07) is 1.56. The highest BCUT2D eigenvalue weighted by Crippen LogP contribution is 2.02. The number of hydrogen-bond donors (Lipinski definition) is 1. The van der Waals surface area contributed by atoms with Crippen LogP contribution in [0, 0.1) is 0 Å². The molecule has 0 saturated heterocycles. The van der Waals surface area contributed by atoms with Gasteiger partial charge in [0.1, 0.15) is 12.4 Å². The van der Waals surface area contributed by atoms with Gasteiger partial charge in [0.15, 0.2) is 5.82 Å². The molecule has 0 aliphatic heterocycles. The van der Waals surface area contributed by atoms with Crippen LogP contribution >= 0.6 is 0 Å². The zero-order chi connectivity index (χ0) is 8.97. The van der Waals surface area contributed by atoms with E-state index in [-0.39, 0.29) is 5.91 Å². The Morgan fingerprint density at radius 1 is 1.83 bits per heavy atom. The lowest BCUT2D eigenvalue weighted by Gasteiger charge is -2.07. The smallest absolute Gasteiger partial charge is 0.254 e. The van der Waals surface area contributed by atoms with Gasteiger partial charge >= 0.3 is 0 Å². The van der Waals surface area contributed by atoms with E-state index in [4.69, 9.17) is 4.74 Å². The summed E-state index contributed by atoms with van der Waals surface area (Å²) in [5.41, 5.74) is 0. The number of ether oxygens (including phenoxy) is 1. The molecule has 0 radical (unpaired) electrons. The van der Waals surface area contributed by atoms with Gasteiger partial charge < -0.3 is 14.6 Å². The minimum atomic E-state index is -0.485. The van der Waals surface area contributed by atoms with E-state index in [9.17, 15) is 4.79 Å². The molecule has 1 atom stereocenters. The number of nitrogens with zero attached hydrogens (tertiary/aromatic N) is 1. The molecule has 0 bridgehead atoms. The number of rotatable bonds is 3. The molecule has 0 aliphatic rings. The molecule has 5 heteroatoms. The highest BCUT2D eigenvalue weighted by atomic mass is 16.5. The first-order valence-corrected chi connectivity index (χ1v) is 3.48. The number of hydrogen-bond acceptors (Lipinski definition) is 4. The Hall–Kier alpha value is -1.36. The Morgan fingerprint density at radius 3 is 3.08 bits per heavy atom. The van der Waals surface area contributed by atoms with Crippen molar-refractivity contribution in [3.8, 4) is 0 Å². The van der Waals surface area contributed by atoms with Crippen LogP contribution in [-0.4, -0.2) is 24.3 Å². The van der Waals surface area contributed by atoms with Crippen molar-refractivity contribution in [2.24, 2.45) is 0 Å². The van der Waals surface area contributed by atoms with Crippen LogP contribution in [0.2, 0.25) is 0 Å². The lowest BCUT2D eigenvalue weighted by atomic mass is 10.4. The van der Waals surface area contributed by atoms with Crippen LogP contribution in [0.3, 0.4) is 0 Å². The SMILES string of the molecule is COC(C)C(=O)Nc1ccon1. The Bertz CT molecular complexity index is 245. The van der Waals surface area contributed by atoms with Gasteiger partial charge in [-0.1, -0.05) is 5.16 Å². The van der Waals surface area contributed by atoms with Crippen molar-refractivity contribution in [1.29, 1.82) is 0 Å². The summed E-state index contributed by atoms with van der Waals surface area (Å²) in [4.78, 5) is 11.1. The number of anilines is 1. The minimum Gasteiger partial charge on any atom is -0.372 e. The minimum absolute atomic E-state index is 0.244. The first kappa shape index (κ1) is 8.73. The van der Waals surface area contributed by atoms with Crippen LogP contribution in [0.25, 0.3) is 0 Å². The summed E-state index contributed by atoms with van der Waals surface area (Å²) in [6.45, 7) is 1.65. The Labute approximate surface area is 69.7 Å². The van der Waals surface area contributed by atoms with Crippen LogP contribution < -0.4 is 5.32 Å². The zero-order valence-electron chi connectivity index (χ0n) is 6.90. The molecule has 0 saturated carbocycles. The molecule has 12 heavy (non-hydrogen) atoms. The number of carbonyl (C=O) groups is 1. The maximum Gasteiger partial charge on any atom is 0.254 e. The first-order chi connectivity index (χ1) is 5.74. The van der Waals surface area contributed by atoms with Gasteiger partial charge in [-0.2, -0.15) is 0 Å². The van der Waals surface area contributed by atoms with E-state index in [1.165, 1.54) is 13.4 Å². The molecule has 1 heterocycles. The molecule has 0 aliphatic carbocycles. The van der Waals surface area contributed by atoms with Crippen molar-refractivity contribution in [1.82, 2.24) is 5.16 Å². The van der Waals surface area contributed by atoms with E-state index in [2.05, 4.69) is 15.0 Å². The number of methoxy groups -OCH3 is 1. The summed E-state index contributed by atoms with van der Waals surface area (Å²) < 4.78 is 9.31. The summed E-state index contributed by atoms with van der Waals surface area (Å²) in [6.07, 6.45) is 0.897. The molecule has 0 fully saturated rings. The third kappa shape index (κ3) is 2.06. The number of carbonyl (C=O) groups excluding carboxylic acids is 1. The Morgan fingerprint density at radius 2 is 2.58 bits per heavy atom. The van der Waals surface area contributed by atoms with Crippen LogP contribution in [0.15, 0.2) is 16.9 Å². The number of nitrogens with one attached hydrogen (secondary N) is 1. The predicted octanol–water partition coefficient (Wildman–Crippen LogP) is 0.648. The van der Waals surface area contributed by atoms with Crippen molar-refractivity contribution >= 4 is 11.7 Å². The van der Waals surface area contributed by atoms with Gasteiger partial charge in [-0.25, -0.2) is 0 Å². The highest BCUT2D eigenvalue weighted by Gasteiger charge is 2.12. The van der Waals surface area contributed by atoms with Crippen LogP contribution in [-0.2, 0) is 9.53 Å². The maximum atomic E-state index is 11.1. The van der Waals surface area contributed by atoms with E-state index >= 15 is 0 Å². The fourth-order valence-corrected chi connectivity index (χ4v) is 0.612. The summed E-state index contributed by atoms with van der Waals surface area (Å²) >= 11 is 0. The molecule has 1 N–H and O–H groups in total. The second kappa shape index (κ2) is 3.87. The largest absolute Gasteiger partial charge is 0.372 e. The number of amides is 1. The molecule has 1 aromatic heterocycles. The van der Waals surface area contributed by atoms with E-state index < -0.39 is 6.10 Å². The lowest BCUT2D eigenvalue weighted by molar-refractivity contribution is -0.124. The van der Waals surface area contributed by atoms with Gasteiger partial charge in [0, 0.05) is 13.2 Å². The van der Waals surface area contributed by atoms with E-state index in [1.807, 2.05) is 0 Å². The Balaban J connectivity index is 2.47. The van der Waals surface area contributed by atoms with E-state index in [0.29, 0.717) is 5.82 Å². The van der Waals surface area contributed by atoms with Crippen molar-refractivity contribution < 1.29 is 14.1 Å². The average Bonchev–Trinajstić information content (AvgIpc) is 2.55. The molecule has 0 spiro atoms. The molecule has 66 valence electrons. The van der Waals surface area contributed by atoms with Crippen molar-refractivity contribution in [3.63, 3.8) is 0 Å². The first-order valence-electron chi connectivity index (χ1n) is 3.48. The van der Waals surface area contributed by atoms with Gasteiger partial charge in [0.25, 0.3) is 5.91 Å². The van der Waals surface area contributed by atoms with Gasteiger partial charge in [0.05, 0.1) is 0 Å². The second-order valence-corrected chi connectivity index (χ2v) is 2.25. The van der Waals surface area contributed by atoms with Crippen molar-refractivity contribution in [2.45, 2.75) is 13.0 Å². The van der Waals surface area contributed by atoms with Crippen molar-refractivity contribution in [3.05, 3.63) is 12.3 Å². The van der Waals surface area contributed by atoms with Crippen molar-refractivity contribution in [2.75, 3.05) is 12.4 Å². The fraction of sp³-hybridized carbons (Fsp3) is 0.429. The molecule has 1 rings (SSSR count). The molecule has 5 nitrogen and oxygen atoms in total. The molecule has 1 amide bonds. The Kier molecular flexibility index (Phi) is 2.82. The van der Waals surface area contributed by atoms with Crippen LogP contribution in [0.5, 0.6) is 0 Å². The van der Waals surface area contributed by atoms with E-state index in [0.717, 1.165) is 0 Å². The van der Waals surface area contributed by atoms with Gasteiger partial charge in [0.2, 0.25) is 0 Å². The standard InChI is InChI=1S/C7H10N2O3/c1-5(11-2)7(10)8-6-3-4-12-9-6/h3-5H,1-2H3,(H,8,9,10). The second-order valence-electron chi connectivity index (χ2n) is 2.25. The summed E-state index contributed by atoms with van der Waals surface area (Å²) in [5, 5.41) is 6.01. The fourth-order valence-electron chi connectivity index (χ4n) is 0.612. The van der Waals surface area contributed by atoms with Gasteiger partial charge in [-0.15, -0.1) is 0 Å². The number of aromatic nitrogens is 1. The molecule has 1 unspecified atom stereocenters. The van der Waals surface area contributed by atoms with Gasteiger partial charge in [-0.05, 0) is 6.92 Å². The maximum absolute atomic E-state index is 11.1. The lowest BCUT2D eigenvalue weighted by Crippen LogP contribution is -2.26. The molecule has 0 aromatic carbocycles. The van der Waals surface area contributed by atoms with E-state index in [1.54, 1.807) is 13.0 Å². The summed E-state index contributed by atoms with van der Waals surface area (Å²) in [7, 11) is 1.47. The quantitative estimate of drug-likeness (QED) is 0.723. The predicted molar refractivity (Wildman–Crippen MR) is 41.6 cm³/mol. The highest BCUT2D eigenvalue weighted by molar-refractivity contribution is 5.92. The zero-order valence-corrected chi connectivity index (χ0v) is 6.90. The molecular weight excluding hydrogens is 160 g/mol. The van der Waals surface area contributed by atoms with Crippen LogP contribution in [0.4, 0.5) is 5.82 Å². The normalized spacial score (nSPS) is 12.5. The molecule has 1 aromatic rings. The average molecular weight is 170 g/mol. The monoisotopic (exact) mass is 170 g/mol.